The summed E-state index contributed by atoms with van der Waals surface area (Å²) in [5.74, 6) is 0.801. The molecule has 0 unspecified atom stereocenters. The van der Waals surface area contributed by atoms with E-state index < -0.39 is 0 Å². The predicted molar refractivity (Wildman–Crippen MR) is 59.2 cm³/mol. The molecule has 0 amide bonds. The molecule has 0 atom stereocenters. The van der Waals surface area contributed by atoms with E-state index in [2.05, 4.69) is 12.3 Å². The van der Waals surface area contributed by atoms with Crippen molar-refractivity contribution in [2.45, 2.75) is 13.0 Å². The first kappa shape index (κ1) is 11.1. The molecule has 0 saturated heterocycles. The van der Waals surface area contributed by atoms with Gasteiger partial charge in [0.2, 0.25) is 0 Å². The van der Waals surface area contributed by atoms with Gasteiger partial charge in [0.05, 0.1) is 5.76 Å². The van der Waals surface area contributed by atoms with Crippen LogP contribution in [0.15, 0.2) is 30.5 Å². The largest absolute Gasteiger partial charge is 0.494 e. The first-order valence-corrected chi connectivity index (χ1v) is 4.80. The van der Waals surface area contributed by atoms with Crippen LogP contribution >= 0.6 is 11.6 Å². The molecular formula is C11H14ClNO. The summed E-state index contributed by atoms with van der Waals surface area (Å²) in [7, 11) is 1.50. The quantitative estimate of drug-likeness (QED) is 0.716. The van der Waals surface area contributed by atoms with Gasteiger partial charge in [-0.15, -0.1) is 0 Å². The zero-order valence-electron chi connectivity index (χ0n) is 8.22. The molecule has 2 nitrogen and oxygen atoms in total. The van der Waals surface area contributed by atoms with Crippen LogP contribution in [0.1, 0.15) is 11.1 Å². The van der Waals surface area contributed by atoms with Gasteiger partial charge in [-0.2, -0.15) is 0 Å². The smallest absolute Gasteiger partial charge is 0.113 e. The monoisotopic (exact) mass is 211 g/mol. The van der Waals surface area contributed by atoms with E-state index in [4.69, 9.17) is 16.3 Å². The van der Waals surface area contributed by atoms with E-state index in [1.807, 2.05) is 18.2 Å². The van der Waals surface area contributed by atoms with Crippen LogP contribution in [0.25, 0.3) is 0 Å². The minimum atomic E-state index is 0.606. The number of fused-ring (bicyclic) bond motifs is 1. The average Bonchev–Trinajstić information content (AvgIpc) is 2.22. The number of allylic oxidation sites excluding steroid dienone is 1. The van der Waals surface area contributed by atoms with Crippen LogP contribution in [0.3, 0.4) is 0 Å². The van der Waals surface area contributed by atoms with Crippen molar-refractivity contribution < 1.29 is 4.74 Å². The Hall–Kier alpha value is -0.990. The Kier molecular flexibility index (Phi) is 3.98. The first-order chi connectivity index (χ1) is 6.77. The van der Waals surface area contributed by atoms with Gasteiger partial charge < -0.3 is 10.5 Å². The summed E-state index contributed by atoms with van der Waals surface area (Å²) in [5, 5.41) is 0.817. The zero-order chi connectivity index (χ0) is 10.6. The Morgan fingerprint density at radius 1 is 1.43 bits per heavy atom. The second-order valence-corrected chi connectivity index (χ2v) is 3.29. The molecular weight excluding hydrogens is 198 g/mol. The molecule has 0 fully saturated rings. The van der Waals surface area contributed by atoms with Crippen LogP contribution in [-0.2, 0) is 17.8 Å². The Labute approximate surface area is 89.3 Å². The molecule has 0 radical (unpaired) electrons. The van der Waals surface area contributed by atoms with Crippen LogP contribution in [0.5, 0.6) is 0 Å². The lowest BCUT2D eigenvalue weighted by Crippen LogP contribution is -2.07. The zero-order valence-corrected chi connectivity index (χ0v) is 8.97. The Morgan fingerprint density at radius 2 is 2.14 bits per heavy atom. The summed E-state index contributed by atoms with van der Waals surface area (Å²) in [6, 6.07) is 5.88. The number of halogens is 1. The second-order valence-electron chi connectivity index (χ2n) is 2.88. The summed E-state index contributed by atoms with van der Waals surface area (Å²) in [4.78, 5) is 0. The van der Waals surface area contributed by atoms with E-state index in [0.717, 1.165) is 22.8 Å². The SMILES string of the molecule is C=C1Cc2c(Cl)cccc2CO1.CN. The Morgan fingerprint density at radius 3 is 2.86 bits per heavy atom. The maximum atomic E-state index is 6.01. The lowest BCUT2D eigenvalue weighted by Gasteiger charge is -2.19. The molecule has 76 valence electrons. The van der Waals surface area contributed by atoms with E-state index in [9.17, 15) is 0 Å². The molecule has 1 aliphatic rings. The lowest BCUT2D eigenvalue weighted by molar-refractivity contribution is 0.182. The third-order valence-corrected chi connectivity index (χ3v) is 2.38. The van der Waals surface area contributed by atoms with E-state index >= 15 is 0 Å². The highest BCUT2D eigenvalue weighted by Gasteiger charge is 2.14. The van der Waals surface area contributed by atoms with E-state index in [0.29, 0.717) is 6.61 Å². The molecule has 0 bridgehead atoms. The van der Waals surface area contributed by atoms with Crippen LogP contribution in [0, 0.1) is 0 Å². The molecule has 1 heterocycles. The van der Waals surface area contributed by atoms with Gasteiger partial charge in [0, 0.05) is 11.4 Å². The molecule has 1 aromatic rings. The van der Waals surface area contributed by atoms with Crippen molar-refractivity contribution in [2.75, 3.05) is 7.05 Å². The molecule has 0 aromatic heterocycles. The fourth-order valence-electron chi connectivity index (χ4n) is 1.36. The third-order valence-electron chi connectivity index (χ3n) is 2.02. The molecule has 0 spiro atoms. The minimum Gasteiger partial charge on any atom is -0.494 e. The van der Waals surface area contributed by atoms with Crippen molar-refractivity contribution in [3.63, 3.8) is 0 Å². The van der Waals surface area contributed by atoms with Crippen LogP contribution in [0.4, 0.5) is 0 Å². The van der Waals surface area contributed by atoms with Crippen LogP contribution in [-0.4, -0.2) is 7.05 Å². The van der Waals surface area contributed by atoms with Crippen molar-refractivity contribution in [3.05, 3.63) is 46.7 Å². The summed E-state index contributed by atoms with van der Waals surface area (Å²) < 4.78 is 5.31. The molecule has 14 heavy (non-hydrogen) atoms. The van der Waals surface area contributed by atoms with Gasteiger partial charge in [-0.1, -0.05) is 30.3 Å². The standard InChI is InChI=1S/C10H9ClO.CH5N/c1-7-5-9-8(6-12-7)3-2-4-10(9)11;1-2/h2-4H,1,5-6H2;2H2,1H3. The number of benzene rings is 1. The highest BCUT2D eigenvalue weighted by Crippen LogP contribution is 2.27. The molecule has 3 heteroatoms. The molecule has 2 N–H and O–H groups in total. The van der Waals surface area contributed by atoms with Crippen molar-refractivity contribution in [3.8, 4) is 0 Å². The summed E-state index contributed by atoms with van der Waals surface area (Å²) >= 11 is 6.01. The molecule has 1 aromatic carbocycles. The number of rotatable bonds is 0. The Bertz CT molecular complexity index is 336. The van der Waals surface area contributed by atoms with Gasteiger partial charge in [0.1, 0.15) is 6.61 Å². The maximum absolute atomic E-state index is 6.01. The summed E-state index contributed by atoms with van der Waals surface area (Å²) in [6.07, 6.45) is 0.745. The van der Waals surface area contributed by atoms with Gasteiger partial charge in [0.25, 0.3) is 0 Å². The minimum absolute atomic E-state index is 0.606. The predicted octanol–water partition coefficient (Wildman–Crippen LogP) is 2.50. The second kappa shape index (κ2) is 5.03. The number of hydrogen-bond donors (Lipinski definition) is 1. The third kappa shape index (κ3) is 2.28. The normalized spacial score (nSPS) is 13.5. The summed E-state index contributed by atoms with van der Waals surface area (Å²) in [6.45, 7) is 4.38. The highest BCUT2D eigenvalue weighted by molar-refractivity contribution is 6.31. The van der Waals surface area contributed by atoms with E-state index in [1.165, 1.54) is 12.6 Å². The summed E-state index contributed by atoms with van der Waals surface area (Å²) in [5.41, 5.74) is 6.84. The average molecular weight is 212 g/mol. The molecule has 2 rings (SSSR count). The highest BCUT2D eigenvalue weighted by atomic mass is 35.5. The van der Waals surface area contributed by atoms with Gasteiger partial charge in [-0.05, 0) is 24.2 Å². The maximum Gasteiger partial charge on any atom is 0.113 e. The lowest BCUT2D eigenvalue weighted by atomic mass is 10.0. The topological polar surface area (TPSA) is 35.2 Å². The van der Waals surface area contributed by atoms with Crippen molar-refractivity contribution in [2.24, 2.45) is 5.73 Å². The molecule has 0 saturated carbocycles. The van der Waals surface area contributed by atoms with Crippen LogP contribution in [0.2, 0.25) is 5.02 Å². The molecule has 1 aliphatic heterocycles. The van der Waals surface area contributed by atoms with Gasteiger partial charge in [0.15, 0.2) is 0 Å². The molecule has 0 aliphatic carbocycles. The van der Waals surface area contributed by atoms with Crippen LogP contribution < -0.4 is 5.73 Å². The van der Waals surface area contributed by atoms with Crippen molar-refractivity contribution >= 4 is 11.6 Å². The number of nitrogens with two attached hydrogens (primary N) is 1. The van der Waals surface area contributed by atoms with E-state index in [1.54, 1.807) is 0 Å². The van der Waals surface area contributed by atoms with Gasteiger partial charge in [-0.25, -0.2) is 0 Å². The van der Waals surface area contributed by atoms with Gasteiger partial charge >= 0.3 is 0 Å². The van der Waals surface area contributed by atoms with Gasteiger partial charge in [-0.3, -0.25) is 0 Å². The Balaban J connectivity index is 0.000000461. The fourth-order valence-corrected chi connectivity index (χ4v) is 1.63. The number of hydrogen-bond acceptors (Lipinski definition) is 2. The first-order valence-electron chi connectivity index (χ1n) is 4.42. The fraction of sp³-hybridized carbons (Fsp3) is 0.273. The number of ether oxygens (including phenoxy) is 1. The van der Waals surface area contributed by atoms with E-state index in [-0.39, 0.29) is 0 Å². The van der Waals surface area contributed by atoms with Crippen molar-refractivity contribution in [1.82, 2.24) is 0 Å². The van der Waals surface area contributed by atoms with Crippen molar-refractivity contribution in [1.29, 1.82) is 0 Å².